The molecule has 0 spiro atoms. The molecule has 0 unspecified atom stereocenters. The molecule has 0 radical (unpaired) electrons. The van der Waals surface area contributed by atoms with E-state index in [1.165, 1.54) is 0 Å². The van der Waals surface area contributed by atoms with Gasteiger partial charge in [0.2, 0.25) is 0 Å². The Morgan fingerprint density at radius 1 is 1.35 bits per heavy atom. The lowest BCUT2D eigenvalue weighted by atomic mass is 10.1. The number of hydrogen-bond acceptors (Lipinski definition) is 3. The van der Waals surface area contributed by atoms with Crippen LogP contribution >= 0.6 is 0 Å². The summed E-state index contributed by atoms with van der Waals surface area (Å²) in [6.07, 6.45) is 0. The highest BCUT2D eigenvalue weighted by Crippen LogP contribution is 2.18. The van der Waals surface area contributed by atoms with E-state index in [2.05, 4.69) is 19.2 Å². The number of anilines is 1. The molecule has 0 saturated carbocycles. The van der Waals surface area contributed by atoms with E-state index in [0.29, 0.717) is 5.92 Å². The molecule has 17 heavy (non-hydrogen) atoms. The van der Waals surface area contributed by atoms with Crippen molar-refractivity contribution in [2.24, 2.45) is 11.7 Å². The summed E-state index contributed by atoms with van der Waals surface area (Å²) in [4.78, 5) is 0. The molecule has 0 heterocycles. The van der Waals surface area contributed by atoms with Gasteiger partial charge in [-0.2, -0.15) is 0 Å². The van der Waals surface area contributed by atoms with E-state index in [1.54, 1.807) is 0 Å². The minimum atomic E-state index is -0.213. The maximum absolute atomic E-state index is 5.93. The lowest BCUT2D eigenvalue weighted by Crippen LogP contribution is -2.39. The van der Waals surface area contributed by atoms with Crippen LogP contribution in [0, 0.1) is 5.92 Å². The van der Waals surface area contributed by atoms with Crippen molar-refractivity contribution >= 4 is 5.69 Å². The summed E-state index contributed by atoms with van der Waals surface area (Å²) in [5.74, 6) is 1.44. The molecule has 0 saturated heterocycles. The molecule has 0 aliphatic heterocycles. The topological polar surface area (TPSA) is 47.3 Å². The van der Waals surface area contributed by atoms with Crippen LogP contribution in [0.4, 0.5) is 5.69 Å². The molecule has 3 heteroatoms. The second-order valence-electron chi connectivity index (χ2n) is 5.57. The molecule has 1 aromatic rings. The quantitative estimate of drug-likeness (QED) is 0.798. The van der Waals surface area contributed by atoms with Gasteiger partial charge in [0.25, 0.3) is 0 Å². The van der Waals surface area contributed by atoms with E-state index in [0.717, 1.165) is 24.6 Å². The van der Waals surface area contributed by atoms with Gasteiger partial charge in [0, 0.05) is 23.8 Å². The standard InChI is InChI=1S/C14H24N2O/c1-11(2)9-17-13-7-5-6-12(8-13)16-10-14(3,4)15/h5-8,11,16H,9-10,15H2,1-4H3. The minimum absolute atomic E-state index is 0.213. The van der Waals surface area contributed by atoms with Crippen molar-refractivity contribution in [2.45, 2.75) is 33.2 Å². The van der Waals surface area contributed by atoms with Gasteiger partial charge in [-0.15, -0.1) is 0 Å². The first-order valence-electron chi connectivity index (χ1n) is 6.12. The largest absolute Gasteiger partial charge is 0.493 e. The fourth-order valence-corrected chi connectivity index (χ4v) is 1.29. The van der Waals surface area contributed by atoms with Gasteiger partial charge in [-0.25, -0.2) is 0 Å². The van der Waals surface area contributed by atoms with E-state index in [-0.39, 0.29) is 5.54 Å². The van der Waals surface area contributed by atoms with Crippen LogP contribution in [0.5, 0.6) is 5.75 Å². The first-order valence-corrected chi connectivity index (χ1v) is 6.12. The minimum Gasteiger partial charge on any atom is -0.493 e. The Balaban J connectivity index is 2.54. The number of nitrogens with two attached hydrogens (primary N) is 1. The van der Waals surface area contributed by atoms with Crippen LogP contribution in [-0.2, 0) is 0 Å². The van der Waals surface area contributed by atoms with Crippen LogP contribution in [0.3, 0.4) is 0 Å². The van der Waals surface area contributed by atoms with Crippen molar-refractivity contribution < 1.29 is 4.74 Å². The van der Waals surface area contributed by atoms with Crippen molar-refractivity contribution in [3.63, 3.8) is 0 Å². The fourth-order valence-electron chi connectivity index (χ4n) is 1.29. The first-order chi connectivity index (χ1) is 7.87. The summed E-state index contributed by atoms with van der Waals surface area (Å²) in [6.45, 7) is 9.75. The molecule has 96 valence electrons. The smallest absolute Gasteiger partial charge is 0.121 e. The van der Waals surface area contributed by atoms with Crippen LogP contribution in [0.15, 0.2) is 24.3 Å². The second-order valence-corrected chi connectivity index (χ2v) is 5.57. The summed E-state index contributed by atoms with van der Waals surface area (Å²) in [7, 11) is 0. The molecule has 0 aliphatic carbocycles. The molecule has 1 aromatic carbocycles. The molecule has 3 N–H and O–H groups in total. The van der Waals surface area contributed by atoms with Gasteiger partial charge in [-0.1, -0.05) is 19.9 Å². The highest BCUT2D eigenvalue weighted by Gasteiger charge is 2.09. The summed E-state index contributed by atoms with van der Waals surface area (Å²) in [5.41, 5.74) is 6.76. The van der Waals surface area contributed by atoms with Crippen LogP contribution in [-0.4, -0.2) is 18.7 Å². The van der Waals surface area contributed by atoms with Gasteiger partial charge < -0.3 is 15.8 Å². The Hall–Kier alpha value is -1.22. The normalized spacial score (nSPS) is 11.6. The molecule has 0 fully saturated rings. The Labute approximate surface area is 104 Å². The Bertz CT molecular complexity index is 342. The van der Waals surface area contributed by atoms with Crippen molar-refractivity contribution in [1.82, 2.24) is 0 Å². The average molecular weight is 236 g/mol. The second kappa shape index (κ2) is 5.92. The maximum Gasteiger partial charge on any atom is 0.121 e. The van der Waals surface area contributed by atoms with Crippen LogP contribution < -0.4 is 15.8 Å². The van der Waals surface area contributed by atoms with Crippen molar-refractivity contribution in [2.75, 3.05) is 18.5 Å². The lowest BCUT2D eigenvalue weighted by molar-refractivity contribution is 0.271. The third-order valence-corrected chi connectivity index (χ3v) is 2.17. The molecule has 0 amide bonds. The van der Waals surface area contributed by atoms with E-state index in [1.807, 2.05) is 38.1 Å². The first kappa shape index (κ1) is 13.8. The summed E-state index contributed by atoms with van der Waals surface area (Å²) >= 11 is 0. The SMILES string of the molecule is CC(C)COc1cccc(NCC(C)(C)N)c1. The van der Waals surface area contributed by atoms with Crippen molar-refractivity contribution in [3.05, 3.63) is 24.3 Å². The number of nitrogens with one attached hydrogen (secondary N) is 1. The van der Waals surface area contributed by atoms with Gasteiger partial charge in [0.15, 0.2) is 0 Å². The average Bonchev–Trinajstić information content (AvgIpc) is 2.23. The molecule has 0 bridgehead atoms. The summed E-state index contributed by atoms with van der Waals surface area (Å²) in [5, 5.41) is 3.31. The maximum atomic E-state index is 5.93. The molecule has 0 atom stereocenters. The molecular formula is C14H24N2O. The third kappa shape index (κ3) is 6.17. The molecule has 0 aromatic heterocycles. The zero-order valence-electron chi connectivity index (χ0n) is 11.3. The Morgan fingerprint density at radius 3 is 2.65 bits per heavy atom. The molecule has 1 rings (SSSR count). The molecular weight excluding hydrogens is 212 g/mol. The number of ether oxygens (including phenoxy) is 1. The predicted molar refractivity (Wildman–Crippen MR) is 73.5 cm³/mol. The monoisotopic (exact) mass is 236 g/mol. The number of hydrogen-bond donors (Lipinski definition) is 2. The van der Waals surface area contributed by atoms with E-state index in [4.69, 9.17) is 10.5 Å². The van der Waals surface area contributed by atoms with Gasteiger partial charge >= 0.3 is 0 Å². The zero-order valence-corrected chi connectivity index (χ0v) is 11.3. The zero-order chi connectivity index (χ0) is 12.9. The predicted octanol–water partition coefficient (Wildman–Crippen LogP) is 2.87. The van der Waals surface area contributed by atoms with E-state index < -0.39 is 0 Å². The van der Waals surface area contributed by atoms with Gasteiger partial charge in [-0.05, 0) is 31.9 Å². The van der Waals surface area contributed by atoms with Gasteiger partial charge in [-0.3, -0.25) is 0 Å². The highest BCUT2D eigenvalue weighted by atomic mass is 16.5. The van der Waals surface area contributed by atoms with Crippen molar-refractivity contribution in [3.8, 4) is 5.75 Å². The highest BCUT2D eigenvalue weighted by molar-refractivity contribution is 5.48. The van der Waals surface area contributed by atoms with Crippen LogP contribution in [0.2, 0.25) is 0 Å². The fraction of sp³-hybridized carbons (Fsp3) is 0.571. The summed E-state index contributed by atoms with van der Waals surface area (Å²) < 4.78 is 5.67. The Kier molecular flexibility index (Phi) is 4.82. The van der Waals surface area contributed by atoms with Gasteiger partial charge in [0.1, 0.15) is 5.75 Å². The summed E-state index contributed by atoms with van der Waals surface area (Å²) in [6, 6.07) is 7.99. The Morgan fingerprint density at radius 2 is 2.06 bits per heavy atom. The van der Waals surface area contributed by atoms with Crippen LogP contribution in [0.25, 0.3) is 0 Å². The van der Waals surface area contributed by atoms with Gasteiger partial charge in [0.05, 0.1) is 6.61 Å². The number of rotatable bonds is 6. The molecule has 0 aliphatic rings. The molecule has 3 nitrogen and oxygen atoms in total. The van der Waals surface area contributed by atoms with Crippen molar-refractivity contribution in [1.29, 1.82) is 0 Å². The van der Waals surface area contributed by atoms with E-state index in [9.17, 15) is 0 Å². The van der Waals surface area contributed by atoms with Crippen LogP contribution in [0.1, 0.15) is 27.7 Å². The van der Waals surface area contributed by atoms with E-state index >= 15 is 0 Å². The third-order valence-electron chi connectivity index (χ3n) is 2.17. The number of benzene rings is 1. The lowest BCUT2D eigenvalue weighted by Gasteiger charge is -2.20.